The first-order chi connectivity index (χ1) is 11.6. The number of thioether (sulfide) groups is 1. The van der Waals surface area contributed by atoms with Crippen LogP contribution in [0.3, 0.4) is 0 Å². The van der Waals surface area contributed by atoms with E-state index >= 15 is 0 Å². The monoisotopic (exact) mass is 400 g/mol. The molecule has 1 unspecified atom stereocenters. The van der Waals surface area contributed by atoms with Gasteiger partial charge in [0.2, 0.25) is 5.82 Å². The Kier molecular flexibility index (Phi) is 5.58. The highest BCUT2D eigenvalue weighted by molar-refractivity contribution is 8.00. The minimum absolute atomic E-state index is 0.100. The smallest absolute Gasteiger partial charge is 0.316 e. The van der Waals surface area contributed by atoms with E-state index in [1.54, 1.807) is 0 Å². The molecule has 0 saturated carbocycles. The largest absolute Gasteiger partial charge is 0.480 e. The van der Waals surface area contributed by atoms with Gasteiger partial charge in [0.1, 0.15) is 11.1 Å². The van der Waals surface area contributed by atoms with Crippen molar-refractivity contribution in [2.75, 3.05) is 0 Å². The van der Waals surface area contributed by atoms with E-state index in [2.05, 4.69) is 0 Å². The Morgan fingerprint density at radius 2 is 1.48 bits per heavy atom. The van der Waals surface area contributed by atoms with Crippen LogP contribution < -0.4 is 0 Å². The summed E-state index contributed by atoms with van der Waals surface area (Å²) in [6.45, 7) is 1.27. The number of carboxylic acids is 1. The second-order valence-corrected chi connectivity index (χ2v) is 6.60. The number of benzene rings is 2. The van der Waals surface area contributed by atoms with E-state index in [4.69, 9.17) is 16.7 Å². The molecule has 2 nitrogen and oxygen atoms in total. The van der Waals surface area contributed by atoms with Crippen LogP contribution in [0.1, 0.15) is 6.92 Å². The fourth-order valence-electron chi connectivity index (χ4n) is 1.89. The van der Waals surface area contributed by atoms with Crippen LogP contribution in [0.2, 0.25) is 5.02 Å². The molecule has 0 aliphatic rings. The van der Waals surface area contributed by atoms with Crippen molar-refractivity contribution in [3.05, 3.63) is 52.1 Å². The zero-order chi connectivity index (χ0) is 19.0. The first-order valence-electron chi connectivity index (χ1n) is 6.46. The highest BCUT2D eigenvalue weighted by Gasteiger charge is 2.29. The van der Waals surface area contributed by atoms with E-state index in [0.717, 1.165) is 6.07 Å². The molecule has 0 saturated heterocycles. The first kappa shape index (κ1) is 19.5. The SMILES string of the molecule is CC(Sc1cc(-c2c(F)c(F)c(F)c(F)c2F)c(F)cc1Cl)C(=O)O. The Bertz CT molecular complexity index is 845. The van der Waals surface area contributed by atoms with E-state index in [9.17, 15) is 31.1 Å². The van der Waals surface area contributed by atoms with Crippen LogP contribution >= 0.6 is 23.4 Å². The maximum Gasteiger partial charge on any atom is 0.316 e. The van der Waals surface area contributed by atoms with E-state index in [1.165, 1.54) is 6.92 Å². The molecule has 0 aliphatic carbocycles. The van der Waals surface area contributed by atoms with Gasteiger partial charge in [-0.3, -0.25) is 4.79 Å². The summed E-state index contributed by atoms with van der Waals surface area (Å²) < 4.78 is 81.5. The van der Waals surface area contributed by atoms with Crippen LogP contribution in [-0.4, -0.2) is 16.3 Å². The van der Waals surface area contributed by atoms with Crippen LogP contribution in [0, 0.1) is 34.9 Å². The second kappa shape index (κ2) is 7.17. The summed E-state index contributed by atoms with van der Waals surface area (Å²) in [6.07, 6.45) is 0. The minimum Gasteiger partial charge on any atom is -0.480 e. The molecule has 2 aromatic rings. The van der Waals surface area contributed by atoms with Gasteiger partial charge in [-0.25, -0.2) is 26.3 Å². The molecular formula is C15H7ClF6O2S. The molecule has 0 bridgehead atoms. The summed E-state index contributed by atoms with van der Waals surface area (Å²) >= 11 is 6.37. The van der Waals surface area contributed by atoms with Gasteiger partial charge in [0.05, 0.1) is 10.6 Å². The third kappa shape index (κ3) is 3.57. The van der Waals surface area contributed by atoms with Gasteiger partial charge >= 0.3 is 5.97 Å². The van der Waals surface area contributed by atoms with E-state index in [0.29, 0.717) is 17.8 Å². The molecule has 0 heterocycles. The number of aliphatic carboxylic acids is 1. The Balaban J connectivity index is 2.71. The summed E-state index contributed by atoms with van der Waals surface area (Å²) in [6, 6.07) is 1.34. The number of hydrogen-bond acceptors (Lipinski definition) is 2. The van der Waals surface area contributed by atoms with Gasteiger partial charge in [-0.05, 0) is 19.1 Å². The molecule has 0 spiro atoms. The third-order valence-electron chi connectivity index (χ3n) is 3.15. The fraction of sp³-hybridized carbons (Fsp3) is 0.133. The van der Waals surface area contributed by atoms with E-state index in [1.807, 2.05) is 0 Å². The van der Waals surface area contributed by atoms with Gasteiger partial charge in [-0.2, -0.15) is 0 Å². The zero-order valence-corrected chi connectivity index (χ0v) is 13.7. The molecule has 134 valence electrons. The van der Waals surface area contributed by atoms with E-state index < -0.39 is 57.2 Å². The lowest BCUT2D eigenvalue weighted by Gasteiger charge is -2.13. The van der Waals surface area contributed by atoms with Crippen molar-refractivity contribution < 1.29 is 36.2 Å². The lowest BCUT2D eigenvalue weighted by molar-refractivity contribution is -0.136. The Hall–Kier alpha value is -1.87. The molecule has 1 N–H and O–H groups in total. The van der Waals surface area contributed by atoms with Crippen molar-refractivity contribution in [2.24, 2.45) is 0 Å². The molecule has 25 heavy (non-hydrogen) atoms. The number of carboxylic acid groups (broad SMARTS) is 1. The van der Waals surface area contributed by atoms with Crippen LogP contribution in [0.4, 0.5) is 26.3 Å². The van der Waals surface area contributed by atoms with Crippen LogP contribution in [-0.2, 0) is 4.79 Å². The minimum atomic E-state index is -2.37. The van der Waals surface area contributed by atoms with E-state index in [-0.39, 0.29) is 9.92 Å². The topological polar surface area (TPSA) is 37.3 Å². The summed E-state index contributed by atoms with van der Waals surface area (Å²) in [5.74, 6) is -13.8. The van der Waals surface area contributed by atoms with Crippen molar-refractivity contribution in [3.63, 3.8) is 0 Å². The zero-order valence-electron chi connectivity index (χ0n) is 12.1. The average molecular weight is 401 g/mol. The van der Waals surface area contributed by atoms with Crippen molar-refractivity contribution in [3.8, 4) is 11.1 Å². The summed E-state index contributed by atoms with van der Waals surface area (Å²) in [5, 5.41) is 7.53. The first-order valence-corrected chi connectivity index (χ1v) is 7.72. The summed E-state index contributed by atoms with van der Waals surface area (Å²) in [4.78, 5) is 10.8. The Morgan fingerprint density at radius 3 is 1.96 bits per heavy atom. The number of rotatable bonds is 4. The second-order valence-electron chi connectivity index (χ2n) is 4.81. The predicted octanol–water partition coefficient (Wildman–Crippen LogP) is 5.41. The van der Waals surface area contributed by atoms with Crippen molar-refractivity contribution in [1.29, 1.82) is 0 Å². The fourth-order valence-corrected chi connectivity index (χ4v) is 3.02. The van der Waals surface area contributed by atoms with Crippen LogP contribution in [0.25, 0.3) is 11.1 Å². The van der Waals surface area contributed by atoms with Crippen LogP contribution in [0.5, 0.6) is 0 Å². The number of hydrogen-bond donors (Lipinski definition) is 1. The maximum absolute atomic E-state index is 14.1. The van der Waals surface area contributed by atoms with Crippen molar-refractivity contribution >= 4 is 29.3 Å². The summed E-state index contributed by atoms with van der Waals surface area (Å²) in [5.41, 5.74) is -2.40. The standard InChI is InChI=1S/C15H7ClF6O2S/c1-4(15(23)24)25-8-2-5(7(17)3-6(8)16)9-10(18)12(20)14(22)13(21)11(9)19/h2-4H,1H3,(H,23,24). The van der Waals surface area contributed by atoms with Gasteiger partial charge in [0.15, 0.2) is 23.3 Å². The highest BCUT2D eigenvalue weighted by atomic mass is 35.5. The Labute approximate surface area is 146 Å². The molecule has 1 atom stereocenters. The molecular weight excluding hydrogens is 394 g/mol. The van der Waals surface area contributed by atoms with Gasteiger partial charge in [-0.15, -0.1) is 11.8 Å². The van der Waals surface area contributed by atoms with Gasteiger partial charge < -0.3 is 5.11 Å². The van der Waals surface area contributed by atoms with Gasteiger partial charge in [0, 0.05) is 10.5 Å². The van der Waals surface area contributed by atoms with Gasteiger partial charge in [0.25, 0.3) is 0 Å². The van der Waals surface area contributed by atoms with Crippen molar-refractivity contribution in [1.82, 2.24) is 0 Å². The molecule has 0 fully saturated rings. The molecule has 0 radical (unpaired) electrons. The normalized spacial score (nSPS) is 12.3. The Morgan fingerprint density at radius 1 is 1.00 bits per heavy atom. The molecule has 0 aliphatic heterocycles. The third-order valence-corrected chi connectivity index (χ3v) is 4.72. The quantitative estimate of drug-likeness (QED) is 0.323. The lowest BCUT2D eigenvalue weighted by atomic mass is 10.0. The highest BCUT2D eigenvalue weighted by Crippen LogP contribution is 2.39. The van der Waals surface area contributed by atoms with Crippen molar-refractivity contribution in [2.45, 2.75) is 17.1 Å². The molecule has 0 amide bonds. The molecule has 2 aromatic carbocycles. The lowest BCUT2D eigenvalue weighted by Crippen LogP contribution is -2.11. The number of carbonyl (C=O) groups is 1. The number of halogens is 7. The molecule has 10 heteroatoms. The summed E-state index contributed by atoms with van der Waals surface area (Å²) in [7, 11) is 0. The molecule has 2 rings (SSSR count). The van der Waals surface area contributed by atoms with Crippen LogP contribution in [0.15, 0.2) is 17.0 Å². The predicted molar refractivity (Wildman–Crippen MR) is 79.6 cm³/mol. The average Bonchev–Trinajstić information content (AvgIpc) is 2.54. The van der Waals surface area contributed by atoms with Gasteiger partial charge in [-0.1, -0.05) is 11.6 Å². The maximum atomic E-state index is 14.1. The molecule has 0 aromatic heterocycles.